The van der Waals surface area contributed by atoms with E-state index in [1.165, 1.54) is 16.7 Å². The predicted molar refractivity (Wildman–Crippen MR) is 125 cm³/mol. The third-order valence-electron chi connectivity index (χ3n) is 5.84. The van der Waals surface area contributed by atoms with Gasteiger partial charge in [0.25, 0.3) is 0 Å². The molecule has 0 aromatic heterocycles. The van der Waals surface area contributed by atoms with Crippen LogP contribution in [0.4, 0.5) is 5.69 Å². The molecule has 2 rings (SSSR count). The number of hydrogen-bond donors (Lipinski definition) is 2. The van der Waals surface area contributed by atoms with Gasteiger partial charge in [0, 0.05) is 12.0 Å². The van der Waals surface area contributed by atoms with E-state index in [1.807, 2.05) is 6.92 Å². The number of aromatic hydroxyl groups is 1. The Hall–Kier alpha value is -2.16. The molecule has 1 heterocycles. The zero-order valence-electron chi connectivity index (χ0n) is 19.2. The second-order valence-electron chi connectivity index (χ2n) is 9.15. The fourth-order valence-electron chi connectivity index (χ4n) is 3.81. The summed E-state index contributed by atoms with van der Waals surface area (Å²) < 4.78 is 6.39. The van der Waals surface area contributed by atoms with Crippen LogP contribution in [0.3, 0.4) is 0 Å². The number of phenolic OH excluding ortho intramolecular Hbond substituents is 1. The van der Waals surface area contributed by atoms with Crippen molar-refractivity contribution < 1.29 is 9.84 Å². The van der Waals surface area contributed by atoms with Crippen LogP contribution < -0.4 is 10.5 Å². The maximum Gasteiger partial charge on any atom is 0.139 e. The molecule has 1 aromatic carbocycles. The van der Waals surface area contributed by atoms with E-state index in [0.29, 0.717) is 5.69 Å². The Bertz CT molecular complexity index is 812. The van der Waals surface area contributed by atoms with Crippen LogP contribution in [0.2, 0.25) is 0 Å². The Balaban J connectivity index is 1.91. The summed E-state index contributed by atoms with van der Waals surface area (Å²) in [5.74, 6) is 1.02. The summed E-state index contributed by atoms with van der Waals surface area (Å²) in [7, 11) is 0. The van der Waals surface area contributed by atoms with Crippen LogP contribution in [-0.2, 0) is 6.42 Å². The number of anilines is 1. The molecule has 0 aliphatic carbocycles. The van der Waals surface area contributed by atoms with Gasteiger partial charge in [-0.3, -0.25) is 0 Å². The molecule has 0 spiro atoms. The zero-order valence-corrected chi connectivity index (χ0v) is 19.2. The topological polar surface area (TPSA) is 55.5 Å². The molecule has 0 saturated heterocycles. The third kappa shape index (κ3) is 6.69. The molecule has 1 aliphatic heterocycles. The molecular formula is C26H39NO2. The molecule has 1 unspecified atom stereocenters. The standard InChI is InChI=1S/C26H39NO2/c1-18(2)9-7-10-19(3)11-8-12-20(4)13-15-26(6)16-14-22-24(27)23(28)17-21(5)25(22)29-26/h9,11,13,17,28H,7-8,10,12,14-16,27H2,1-6H3/b19-11+,20-13+. The van der Waals surface area contributed by atoms with Crippen molar-refractivity contribution in [3.8, 4) is 11.5 Å². The normalized spacial score (nSPS) is 19.5. The second-order valence-corrected chi connectivity index (χ2v) is 9.15. The Kier molecular flexibility index (Phi) is 8.01. The van der Waals surface area contributed by atoms with Crippen molar-refractivity contribution >= 4 is 5.69 Å². The van der Waals surface area contributed by atoms with E-state index in [2.05, 4.69) is 52.8 Å². The Labute approximate surface area is 177 Å². The summed E-state index contributed by atoms with van der Waals surface area (Å²) in [6, 6.07) is 1.70. The summed E-state index contributed by atoms with van der Waals surface area (Å²) >= 11 is 0. The molecule has 3 N–H and O–H groups in total. The minimum Gasteiger partial charge on any atom is -0.506 e. The van der Waals surface area contributed by atoms with Gasteiger partial charge in [0.05, 0.1) is 5.69 Å². The number of hydrogen-bond acceptors (Lipinski definition) is 3. The molecule has 3 nitrogen and oxygen atoms in total. The summed E-state index contributed by atoms with van der Waals surface area (Å²) in [5.41, 5.74) is 12.5. The van der Waals surface area contributed by atoms with Gasteiger partial charge in [-0.2, -0.15) is 0 Å². The minimum absolute atomic E-state index is 0.161. The van der Waals surface area contributed by atoms with Crippen LogP contribution in [0.1, 0.15) is 84.3 Å². The number of fused-ring (bicyclic) bond motifs is 1. The fraction of sp³-hybridized carbons (Fsp3) is 0.538. The Morgan fingerprint density at radius 2 is 1.72 bits per heavy atom. The first-order valence-electron chi connectivity index (χ1n) is 10.9. The van der Waals surface area contributed by atoms with E-state index >= 15 is 0 Å². The van der Waals surface area contributed by atoms with E-state index in [4.69, 9.17) is 10.5 Å². The third-order valence-corrected chi connectivity index (χ3v) is 5.84. The van der Waals surface area contributed by atoms with Crippen LogP contribution in [-0.4, -0.2) is 10.7 Å². The van der Waals surface area contributed by atoms with Crippen LogP contribution >= 0.6 is 0 Å². The first kappa shape index (κ1) is 23.1. The molecule has 0 radical (unpaired) electrons. The van der Waals surface area contributed by atoms with E-state index in [1.54, 1.807) is 6.07 Å². The van der Waals surface area contributed by atoms with Crippen LogP contribution in [0, 0.1) is 6.92 Å². The summed E-state index contributed by atoms with van der Waals surface area (Å²) in [4.78, 5) is 0. The SMILES string of the molecule is CC(C)=CCC/C(C)=C/CC/C(C)=C/CC1(C)CCc2c(N)c(O)cc(C)c2O1. The molecule has 0 saturated carbocycles. The number of nitrogen functional groups attached to an aromatic ring is 1. The first-order valence-corrected chi connectivity index (χ1v) is 10.9. The highest BCUT2D eigenvalue weighted by molar-refractivity contribution is 5.66. The number of ether oxygens (including phenoxy) is 1. The van der Waals surface area contributed by atoms with Gasteiger partial charge >= 0.3 is 0 Å². The van der Waals surface area contributed by atoms with Crippen molar-refractivity contribution in [2.24, 2.45) is 0 Å². The first-order chi connectivity index (χ1) is 13.6. The molecular weight excluding hydrogens is 358 g/mol. The van der Waals surface area contributed by atoms with E-state index in [-0.39, 0.29) is 11.4 Å². The lowest BCUT2D eigenvalue weighted by molar-refractivity contribution is 0.0671. The van der Waals surface area contributed by atoms with Crippen molar-refractivity contribution in [1.29, 1.82) is 0 Å². The summed E-state index contributed by atoms with van der Waals surface area (Å²) in [6.07, 6.45) is 14.1. The van der Waals surface area contributed by atoms with Gasteiger partial charge in [0.1, 0.15) is 17.1 Å². The fourth-order valence-corrected chi connectivity index (χ4v) is 3.81. The molecule has 0 fully saturated rings. The molecule has 1 atom stereocenters. The van der Waals surface area contributed by atoms with Crippen LogP contribution in [0.5, 0.6) is 11.5 Å². The summed E-state index contributed by atoms with van der Waals surface area (Å²) in [6.45, 7) is 12.9. The lowest BCUT2D eigenvalue weighted by atomic mass is 9.87. The highest BCUT2D eigenvalue weighted by Gasteiger charge is 2.33. The van der Waals surface area contributed by atoms with Crippen LogP contribution in [0.25, 0.3) is 0 Å². The number of aryl methyl sites for hydroxylation is 1. The van der Waals surface area contributed by atoms with E-state index in [9.17, 15) is 5.11 Å². The lowest BCUT2D eigenvalue weighted by Gasteiger charge is -2.37. The average molecular weight is 398 g/mol. The Morgan fingerprint density at radius 1 is 1.10 bits per heavy atom. The number of benzene rings is 1. The molecule has 3 heteroatoms. The van der Waals surface area contributed by atoms with E-state index in [0.717, 1.165) is 61.8 Å². The second kappa shape index (κ2) is 10.0. The predicted octanol–water partition coefficient (Wildman–Crippen LogP) is 7.18. The monoisotopic (exact) mass is 397 g/mol. The van der Waals surface area contributed by atoms with Gasteiger partial charge in [0.2, 0.25) is 0 Å². The maximum atomic E-state index is 9.96. The highest BCUT2D eigenvalue weighted by Crippen LogP contribution is 2.43. The molecule has 1 aliphatic rings. The molecule has 29 heavy (non-hydrogen) atoms. The minimum atomic E-state index is -0.224. The molecule has 0 bridgehead atoms. The van der Waals surface area contributed by atoms with E-state index < -0.39 is 0 Å². The van der Waals surface area contributed by atoms with Crippen LogP contribution in [0.15, 0.2) is 41.0 Å². The van der Waals surface area contributed by atoms with Gasteiger partial charge in [0.15, 0.2) is 0 Å². The van der Waals surface area contributed by atoms with Gasteiger partial charge in [-0.25, -0.2) is 0 Å². The Morgan fingerprint density at radius 3 is 2.38 bits per heavy atom. The lowest BCUT2D eigenvalue weighted by Crippen LogP contribution is -2.36. The summed E-state index contributed by atoms with van der Waals surface area (Å²) in [5, 5.41) is 9.96. The van der Waals surface area contributed by atoms with Crippen molar-refractivity contribution in [1.82, 2.24) is 0 Å². The number of phenols is 1. The van der Waals surface area contributed by atoms with Crippen molar-refractivity contribution in [3.63, 3.8) is 0 Å². The highest BCUT2D eigenvalue weighted by atomic mass is 16.5. The quantitative estimate of drug-likeness (QED) is 0.277. The maximum absolute atomic E-state index is 9.96. The zero-order chi connectivity index (χ0) is 21.6. The van der Waals surface area contributed by atoms with Gasteiger partial charge in [-0.1, -0.05) is 34.9 Å². The largest absolute Gasteiger partial charge is 0.506 e. The van der Waals surface area contributed by atoms with Gasteiger partial charge in [-0.15, -0.1) is 0 Å². The number of rotatable bonds is 8. The molecule has 1 aromatic rings. The number of allylic oxidation sites excluding steroid dienone is 5. The van der Waals surface area contributed by atoms with Gasteiger partial charge in [-0.05, 0) is 91.7 Å². The van der Waals surface area contributed by atoms with Crippen molar-refractivity contribution in [2.45, 2.75) is 92.1 Å². The average Bonchev–Trinajstić information content (AvgIpc) is 2.64. The number of nitrogens with two attached hydrogens (primary N) is 1. The van der Waals surface area contributed by atoms with Crippen molar-refractivity contribution in [2.75, 3.05) is 5.73 Å². The van der Waals surface area contributed by atoms with Gasteiger partial charge < -0.3 is 15.6 Å². The molecule has 160 valence electrons. The van der Waals surface area contributed by atoms with Crippen molar-refractivity contribution in [3.05, 3.63) is 52.1 Å². The molecule has 0 amide bonds. The smallest absolute Gasteiger partial charge is 0.139 e.